The summed E-state index contributed by atoms with van der Waals surface area (Å²) in [7, 11) is 1.29. The lowest BCUT2D eigenvalue weighted by atomic mass is 9.80. The van der Waals surface area contributed by atoms with Gasteiger partial charge in [0.05, 0.1) is 65.0 Å². The smallest absolute Gasteiger partial charge is 0.253 e. The van der Waals surface area contributed by atoms with Crippen LogP contribution in [0.4, 0.5) is 0 Å². The third-order valence-electron chi connectivity index (χ3n) is 14.9. The Bertz CT molecular complexity index is 1900. The average Bonchev–Trinajstić information content (AvgIpc) is 3.82. The molecule has 11 N–H and O–H groups in total. The molecule has 5 aliphatic rings. The summed E-state index contributed by atoms with van der Waals surface area (Å²) in [6.07, 6.45) is -4.88. The first kappa shape index (κ1) is 66.0. The van der Waals surface area contributed by atoms with E-state index >= 15 is 0 Å². The van der Waals surface area contributed by atoms with Crippen molar-refractivity contribution in [3.05, 3.63) is 12.2 Å². The summed E-state index contributed by atoms with van der Waals surface area (Å²) in [5.74, 6) is 0.725. The molecule has 2 saturated carbocycles. The SMILES string of the molecule is C#CCNC(=O)CCCCCO[C@H]1[C@@H](O)[C@@H](O)[C@@H](OC)O[C@@H]1CO[C@H]1C[C@H](CO[C@H]2O[C@H](CO)[C@@H](O)[C@@H](O)[C@H]2O)[C@@H](OCCCCCC(=O)NCCOCCOCCNC(=O)C2CCC(CN3C(=O)C=CC3=O)CC2)[C@@H](O)[C@H]1O. The van der Waals surface area contributed by atoms with Crippen LogP contribution >= 0.6 is 0 Å². The van der Waals surface area contributed by atoms with Gasteiger partial charge in [0.1, 0.15) is 61.0 Å². The number of aliphatic hydroxyl groups excluding tert-OH is 8. The summed E-state index contributed by atoms with van der Waals surface area (Å²) in [5, 5.41) is 94.0. The molecular formula is C53H86N4O22. The van der Waals surface area contributed by atoms with Crippen LogP contribution in [0.25, 0.3) is 0 Å². The van der Waals surface area contributed by atoms with Gasteiger partial charge in [-0.1, -0.05) is 18.8 Å². The lowest BCUT2D eigenvalue weighted by Crippen LogP contribution is -2.61. The first-order chi connectivity index (χ1) is 38.1. The van der Waals surface area contributed by atoms with Crippen molar-refractivity contribution in [2.45, 2.75) is 169 Å². The van der Waals surface area contributed by atoms with Crippen LogP contribution in [-0.2, 0) is 66.6 Å². The van der Waals surface area contributed by atoms with Gasteiger partial charge in [-0.25, -0.2) is 0 Å². The second-order valence-electron chi connectivity index (χ2n) is 20.6. The van der Waals surface area contributed by atoms with Crippen molar-refractivity contribution in [3.63, 3.8) is 0 Å². The molecule has 3 aliphatic heterocycles. The van der Waals surface area contributed by atoms with Crippen molar-refractivity contribution in [3.8, 4) is 12.3 Å². The van der Waals surface area contributed by atoms with Gasteiger partial charge in [-0.15, -0.1) is 6.42 Å². The van der Waals surface area contributed by atoms with Gasteiger partial charge in [0.15, 0.2) is 12.6 Å². The molecule has 0 aromatic carbocycles. The molecule has 26 nitrogen and oxygen atoms in total. The number of hydrogen-bond donors (Lipinski definition) is 11. The Kier molecular flexibility index (Phi) is 29.4. The molecule has 2 saturated heterocycles. The molecule has 5 rings (SSSR count). The van der Waals surface area contributed by atoms with Crippen molar-refractivity contribution in [2.75, 3.05) is 92.8 Å². The van der Waals surface area contributed by atoms with E-state index in [2.05, 4.69) is 21.9 Å². The number of hydrogen-bond acceptors (Lipinski definition) is 22. The van der Waals surface area contributed by atoms with Crippen LogP contribution in [0.2, 0.25) is 0 Å². The number of amides is 5. The van der Waals surface area contributed by atoms with E-state index in [-0.39, 0.29) is 100 Å². The third-order valence-corrected chi connectivity index (χ3v) is 14.9. The van der Waals surface area contributed by atoms with Crippen LogP contribution in [0.3, 0.4) is 0 Å². The average molecular weight is 1130 g/mol. The van der Waals surface area contributed by atoms with E-state index in [1.54, 1.807) is 0 Å². The van der Waals surface area contributed by atoms with E-state index in [0.29, 0.717) is 90.8 Å². The maximum Gasteiger partial charge on any atom is 0.253 e. The van der Waals surface area contributed by atoms with Crippen molar-refractivity contribution in [2.24, 2.45) is 17.8 Å². The summed E-state index contributed by atoms with van der Waals surface area (Å²) >= 11 is 0. The minimum atomic E-state index is -1.71. The fraction of sp³-hybridized carbons (Fsp3) is 0.830. The quantitative estimate of drug-likeness (QED) is 0.0168. The van der Waals surface area contributed by atoms with E-state index in [9.17, 15) is 64.8 Å². The topological polar surface area (TPSA) is 370 Å². The molecular weight excluding hydrogens is 1040 g/mol. The number of nitrogens with zero attached hydrogens (tertiary/aromatic N) is 1. The Balaban J connectivity index is 0.987. The van der Waals surface area contributed by atoms with Crippen LogP contribution in [0.1, 0.15) is 83.5 Å². The van der Waals surface area contributed by atoms with Crippen molar-refractivity contribution in [1.82, 2.24) is 20.9 Å². The standard InChI is InChI=1S/C53H86N4O22/c1-3-18-54-38(59)10-6-5-9-22-75-50-37(79-52(71-2)48(69)46(50)67)31-76-35-27-34(30-77-53-47(68)44(65)43(64)36(29-58)78-53)49(45(66)42(35)63)74-21-8-4-7-11-39(60)55-19-23-72-25-26-73-24-20-56-51(70)33-14-12-32(13-15-33)28-57-40(61)16-17-41(57)62/h1,16-17,32-37,42-50,52-53,58,63-69H,4-15,18-31H2,2H3,(H,54,59)(H,55,60)(H,56,70)/t32?,33?,34-,35+,36-,37-,42+,43-,44-,45+,46+,47-,48-,49-,50-,52+,53+/m1/s1. The van der Waals surface area contributed by atoms with Crippen LogP contribution in [0.15, 0.2) is 12.2 Å². The van der Waals surface area contributed by atoms with Gasteiger partial charge in [0.25, 0.3) is 11.8 Å². The summed E-state index contributed by atoms with van der Waals surface area (Å²) in [4.78, 5) is 62.0. The lowest BCUT2D eigenvalue weighted by Gasteiger charge is -2.45. The van der Waals surface area contributed by atoms with E-state index in [1.807, 2.05) is 0 Å². The van der Waals surface area contributed by atoms with E-state index < -0.39 is 98.4 Å². The molecule has 15 atom stereocenters. The highest BCUT2D eigenvalue weighted by molar-refractivity contribution is 6.12. The van der Waals surface area contributed by atoms with Crippen molar-refractivity contribution >= 4 is 29.5 Å². The summed E-state index contributed by atoms with van der Waals surface area (Å²) < 4.78 is 52.0. The van der Waals surface area contributed by atoms with E-state index in [4.69, 9.17) is 49.1 Å². The number of carbonyl (C=O) groups excluding carboxylic acids is 5. The Morgan fingerprint density at radius 1 is 0.633 bits per heavy atom. The maximum atomic E-state index is 12.6. The van der Waals surface area contributed by atoms with Crippen LogP contribution in [0.5, 0.6) is 0 Å². The Morgan fingerprint density at radius 3 is 1.84 bits per heavy atom. The summed E-state index contributed by atoms with van der Waals surface area (Å²) in [6.45, 7) is 1.33. The first-order valence-electron chi connectivity index (χ1n) is 27.7. The molecule has 0 spiro atoms. The highest BCUT2D eigenvalue weighted by atomic mass is 16.7. The number of terminal acetylenes is 1. The zero-order chi connectivity index (χ0) is 57.3. The Hall–Kier alpha value is -3.83. The molecule has 0 radical (unpaired) electrons. The zero-order valence-corrected chi connectivity index (χ0v) is 45.2. The molecule has 2 aliphatic carbocycles. The predicted molar refractivity (Wildman–Crippen MR) is 274 cm³/mol. The molecule has 0 unspecified atom stereocenters. The number of imide groups is 1. The minimum absolute atomic E-state index is 0.00202. The van der Waals surface area contributed by atoms with Gasteiger partial charge in [-0.3, -0.25) is 28.9 Å². The fourth-order valence-corrected chi connectivity index (χ4v) is 10.3. The molecule has 0 aromatic rings. The van der Waals surface area contributed by atoms with Gasteiger partial charge in [-0.2, -0.15) is 0 Å². The van der Waals surface area contributed by atoms with Gasteiger partial charge in [0, 0.05) is 76.8 Å². The van der Waals surface area contributed by atoms with Gasteiger partial charge >= 0.3 is 0 Å². The second kappa shape index (κ2) is 35.2. The van der Waals surface area contributed by atoms with Gasteiger partial charge in [0.2, 0.25) is 17.7 Å². The number of rotatable bonds is 35. The highest BCUT2D eigenvalue weighted by Gasteiger charge is 2.50. The number of carbonyl (C=O) groups is 5. The van der Waals surface area contributed by atoms with Gasteiger partial charge < -0.3 is 99.4 Å². The van der Waals surface area contributed by atoms with Crippen LogP contribution in [0, 0.1) is 30.1 Å². The normalized spacial score (nSPS) is 32.9. The predicted octanol–water partition coefficient (Wildman–Crippen LogP) is -3.34. The fourth-order valence-electron chi connectivity index (χ4n) is 10.3. The monoisotopic (exact) mass is 1130 g/mol. The number of aliphatic hydroxyl groups is 8. The highest BCUT2D eigenvalue weighted by Crippen LogP contribution is 2.34. The molecule has 79 heavy (non-hydrogen) atoms. The number of ether oxygens (including phenoxy) is 9. The van der Waals surface area contributed by atoms with Crippen LogP contribution < -0.4 is 16.0 Å². The first-order valence-corrected chi connectivity index (χ1v) is 27.7. The molecule has 26 heteroatoms. The number of nitrogens with one attached hydrogen (secondary N) is 3. The largest absolute Gasteiger partial charge is 0.394 e. The Labute approximate surface area is 461 Å². The van der Waals surface area contributed by atoms with Crippen LogP contribution in [-0.4, -0.2) is 254 Å². The minimum Gasteiger partial charge on any atom is -0.394 e. The van der Waals surface area contributed by atoms with Crippen molar-refractivity contribution < 1.29 is 107 Å². The third kappa shape index (κ3) is 20.8. The zero-order valence-electron chi connectivity index (χ0n) is 45.2. The number of unbranched alkanes of at least 4 members (excludes halogenated alkanes) is 4. The molecule has 5 amide bonds. The number of methoxy groups -OCH3 is 1. The molecule has 450 valence electrons. The van der Waals surface area contributed by atoms with E-state index in [0.717, 1.165) is 12.8 Å². The molecule has 0 bridgehead atoms. The second-order valence-corrected chi connectivity index (χ2v) is 20.6. The lowest BCUT2D eigenvalue weighted by molar-refractivity contribution is -0.312. The summed E-state index contributed by atoms with van der Waals surface area (Å²) in [6, 6.07) is 0. The molecule has 3 heterocycles. The van der Waals surface area contributed by atoms with Gasteiger partial charge in [-0.05, 0) is 63.7 Å². The Morgan fingerprint density at radius 2 is 1.22 bits per heavy atom. The molecule has 0 aromatic heterocycles. The molecule has 4 fully saturated rings. The summed E-state index contributed by atoms with van der Waals surface area (Å²) in [5.41, 5.74) is 0. The van der Waals surface area contributed by atoms with E-state index in [1.165, 1.54) is 24.2 Å². The maximum absolute atomic E-state index is 12.6. The van der Waals surface area contributed by atoms with Crippen molar-refractivity contribution in [1.29, 1.82) is 0 Å².